The van der Waals surface area contributed by atoms with Crippen LogP contribution in [0.2, 0.25) is 0 Å². The van der Waals surface area contributed by atoms with E-state index in [1.807, 2.05) is 0 Å². The van der Waals surface area contributed by atoms with E-state index in [1.54, 1.807) is 12.1 Å². The standard InChI is InChI=1S/C11H9BrN2O3S2/c1-7(15)10-6-18-11(13-10)14-19(16,17)9-4-2-3-8(12)5-9/h2-6H,1H3,(H,13,14). The predicted octanol–water partition coefficient (Wildman–Crippen LogP) is 2.91. The molecule has 1 aromatic heterocycles. The minimum absolute atomic E-state index is 0.126. The fraction of sp³-hybridized carbons (Fsp3) is 0.0909. The first kappa shape index (κ1) is 14.2. The topological polar surface area (TPSA) is 76.1 Å². The van der Waals surface area contributed by atoms with Gasteiger partial charge in [-0.15, -0.1) is 11.3 Å². The summed E-state index contributed by atoms with van der Waals surface area (Å²) >= 11 is 4.28. The predicted molar refractivity (Wildman–Crippen MR) is 77.1 cm³/mol. The quantitative estimate of drug-likeness (QED) is 0.850. The van der Waals surface area contributed by atoms with Crippen molar-refractivity contribution in [1.82, 2.24) is 4.98 Å². The summed E-state index contributed by atoms with van der Waals surface area (Å²) in [6, 6.07) is 6.33. The van der Waals surface area contributed by atoms with Gasteiger partial charge in [-0.25, -0.2) is 13.4 Å². The largest absolute Gasteiger partial charge is 0.293 e. The van der Waals surface area contributed by atoms with Crippen LogP contribution in [0.1, 0.15) is 17.4 Å². The lowest BCUT2D eigenvalue weighted by Crippen LogP contribution is -2.12. The van der Waals surface area contributed by atoms with Crippen molar-refractivity contribution in [2.45, 2.75) is 11.8 Å². The first-order valence-corrected chi connectivity index (χ1v) is 8.29. The zero-order chi connectivity index (χ0) is 14.0. The highest BCUT2D eigenvalue weighted by Crippen LogP contribution is 2.22. The molecule has 0 aliphatic heterocycles. The van der Waals surface area contributed by atoms with Crippen LogP contribution in [0.25, 0.3) is 0 Å². The number of nitrogens with zero attached hydrogens (tertiary/aromatic N) is 1. The van der Waals surface area contributed by atoms with E-state index in [-0.39, 0.29) is 21.5 Å². The number of ketones is 1. The van der Waals surface area contributed by atoms with Gasteiger partial charge in [0, 0.05) is 16.8 Å². The molecule has 2 rings (SSSR count). The molecule has 0 unspecified atom stereocenters. The molecular formula is C11H9BrN2O3S2. The summed E-state index contributed by atoms with van der Waals surface area (Å²) in [6.45, 7) is 1.38. The number of anilines is 1. The molecule has 8 heteroatoms. The average Bonchev–Trinajstić information content (AvgIpc) is 2.77. The number of carbonyl (C=O) groups is 1. The van der Waals surface area contributed by atoms with E-state index in [4.69, 9.17) is 0 Å². The minimum Gasteiger partial charge on any atom is -0.293 e. The molecule has 0 saturated heterocycles. The lowest BCUT2D eigenvalue weighted by atomic mass is 10.4. The Morgan fingerprint density at radius 3 is 2.74 bits per heavy atom. The van der Waals surface area contributed by atoms with Crippen LogP contribution in [-0.4, -0.2) is 19.2 Å². The van der Waals surface area contributed by atoms with E-state index in [2.05, 4.69) is 25.6 Å². The summed E-state index contributed by atoms with van der Waals surface area (Å²) in [5.74, 6) is -0.204. The van der Waals surface area contributed by atoms with E-state index in [1.165, 1.54) is 24.4 Å². The molecule has 1 aromatic carbocycles. The van der Waals surface area contributed by atoms with Crippen LogP contribution >= 0.6 is 27.3 Å². The Bertz CT molecular complexity index is 725. The summed E-state index contributed by atoms with van der Waals surface area (Å²) in [5, 5.41) is 1.69. The van der Waals surface area contributed by atoms with Gasteiger partial charge in [0.15, 0.2) is 10.9 Å². The van der Waals surface area contributed by atoms with Crippen molar-refractivity contribution < 1.29 is 13.2 Å². The van der Waals surface area contributed by atoms with Gasteiger partial charge in [-0.1, -0.05) is 22.0 Å². The van der Waals surface area contributed by atoms with Crippen molar-refractivity contribution in [3.8, 4) is 0 Å². The maximum atomic E-state index is 12.1. The zero-order valence-corrected chi connectivity index (χ0v) is 13.0. The van der Waals surface area contributed by atoms with Gasteiger partial charge < -0.3 is 0 Å². The highest BCUT2D eigenvalue weighted by atomic mass is 79.9. The van der Waals surface area contributed by atoms with Crippen LogP contribution in [0.5, 0.6) is 0 Å². The monoisotopic (exact) mass is 360 g/mol. The van der Waals surface area contributed by atoms with Crippen LogP contribution in [0.4, 0.5) is 5.13 Å². The number of hydrogen-bond acceptors (Lipinski definition) is 5. The molecule has 0 fully saturated rings. The first-order valence-electron chi connectivity index (χ1n) is 5.13. The summed E-state index contributed by atoms with van der Waals surface area (Å²) < 4.78 is 27.2. The normalized spacial score (nSPS) is 11.3. The fourth-order valence-electron chi connectivity index (χ4n) is 1.29. The summed E-state index contributed by atoms with van der Waals surface area (Å²) in [4.78, 5) is 15.1. The summed E-state index contributed by atoms with van der Waals surface area (Å²) in [6.07, 6.45) is 0. The maximum Gasteiger partial charge on any atom is 0.263 e. The molecule has 0 spiro atoms. The van der Waals surface area contributed by atoms with Crippen molar-refractivity contribution in [2.75, 3.05) is 4.72 Å². The molecule has 0 bridgehead atoms. The number of hydrogen-bond donors (Lipinski definition) is 1. The van der Waals surface area contributed by atoms with E-state index in [0.29, 0.717) is 4.47 Å². The van der Waals surface area contributed by atoms with Gasteiger partial charge in [-0.3, -0.25) is 9.52 Å². The van der Waals surface area contributed by atoms with E-state index < -0.39 is 10.0 Å². The van der Waals surface area contributed by atoms with Gasteiger partial charge in [0.2, 0.25) is 0 Å². The summed E-state index contributed by atoms with van der Waals surface area (Å²) in [5.41, 5.74) is 0.247. The smallest absolute Gasteiger partial charge is 0.263 e. The Balaban J connectivity index is 2.28. The molecule has 1 heterocycles. The number of carbonyl (C=O) groups excluding carboxylic acids is 1. The Morgan fingerprint density at radius 2 is 2.16 bits per heavy atom. The lowest BCUT2D eigenvalue weighted by molar-refractivity contribution is 0.101. The van der Waals surface area contributed by atoms with Crippen molar-refractivity contribution >= 4 is 48.2 Å². The Morgan fingerprint density at radius 1 is 1.42 bits per heavy atom. The van der Waals surface area contributed by atoms with Crippen LogP contribution in [0.3, 0.4) is 0 Å². The Labute approximate surface area is 122 Å². The number of benzene rings is 1. The van der Waals surface area contributed by atoms with Gasteiger partial charge in [-0.2, -0.15) is 0 Å². The van der Waals surface area contributed by atoms with Crippen LogP contribution in [0.15, 0.2) is 39.0 Å². The van der Waals surface area contributed by atoms with Crippen LogP contribution < -0.4 is 4.72 Å². The van der Waals surface area contributed by atoms with Crippen molar-refractivity contribution in [2.24, 2.45) is 0 Å². The van der Waals surface area contributed by atoms with Gasteiger partial charge in [0.25, 0.3) is 10.0 Å². The van der Waals surface area contributed by atoms with Gasteiger partial charge >= 0.3 is 0 Å². The third-order valence-electron chi connectivity index (χ3n) is 2.19. The molecule has 0 radical (unpaired) electrons. The molecular weight excluding hydrogens is 352 g/mol. The SMILES string of the molecule is CC(=O)c1csc(NS(=O)(=O)c2cccc(Br)c2)n1. The van der Waals surface area contributed by atoms with Crippen LogP contribution in [-0.2, 0) is 10.0 Å². The lowest BCUT2D eigenvalue weighted by Gasteiger charge is -2.05. The van der Waals surface area contributed by atoms with Crippen LogP contribution in [0, 0.1) is 0 Å². The third kappa shape index (κ3) is 3.40. The minimum atomic E-state index is -3.69. The molecule has 0 atom stereocenters. The first-order chi connectivity index (χ1) is 8.88. The molecule has 1 N–H and O–H groups in total. The summed E-state index contributed by atoms with van der Waals surface area (Å²) in [7, 11) is -3.69. The number of sulfonamides is 1. The average molecular weight is 361 g/mol. The molecule has 2 aromatic rings. The number of aromatic nitrogens is 1. The molecule has 100 valence electrons. The molecule has 0 aliphatic rings. The van der Waals surface area contributed by atoms with Crippen molar-refractivity contribution in [1.29, 1.82) is 0 Å². The second-order valence-corrected chi connectivity index (χ2v) is 7.11. The van der Waals surface area contributed by atoms with E-state index in [9.17, 15) is 13.2 Å². The zero-order valence-electron chi connectivity index (χ0n) is 9.75. The second kappa shape index (κ2) is 5.40. The molecule has 0 aliphatic carbocycles. The highest BCUT2D eigenvalue weighted by Gasteiger charge is 2.17. The van der Waals surface area contributed by atoms with E-state index in [0.717, 1.165) is 11.3 Å². The number of rotatable bonds is 4. The number of halogens is 1. The van der Waals surface area contributed by atoms with E-state index >= 15 is 0 Å². The fourth-order valence-corrected chi connectivity index (χ4v) is 3.89. The number of thiazole rings is 1. The molecule has 5 nitrogen and oxygen atoms in total. The Kier molecular flexibility index (Phi) is 4.02. The number of Topliss-reactive ketones (excluding diaryl/α,β-unsaturated/α-hetero) is 1. The van der Waals surface area contributed by atoms with Crippen molar-refractivity contribution in [3.63, 3.8) is 0 Å². The highest BCUT2D eigenvalue weighted by molar-refractivity contribution is 9.10. The maximum absolute atomic E-state index is 12.1. The van der Waals surface area contributed by atoms with Gasteiger partial charge in [0.05, 0.1) is 4.90 Å². The molecule has 19 heavy (non-hydrogen) atoms. The third-order valence-corrected chi connectivity index (χ3v) is 4.91. The second-order valence-electron chi connectivity index (χ2n) is 3.66. The molecule has 0 amide bonds. The number of nitrogens with one attached hydrogen (secondary N) is 1. The molecule has 0 saturated carbocycles. The van der Waals surface area contributed by atoms with Crippen molar-refractivity contribution in [3.05, 3.63) is 39.8 Å². The van der Waals surface area contributed by atoms with Gasteiger partial charge in [-0.05, 0) is 18.2 Å². The Hall–Kier alpha value is -1.25. The van der Waals surface area contributed by atoms with Gasteiger partial charge in [0.1, 0.15) is 5.69 Å².